The van der Waals surface area contributed by atoms with Gasteiger partial charge in [-0.15, -0.1) is 0 Å². The van der Waals surface area contributed by atoms with E-state index < -0.39 is 11.9 Å². The summed E-state index contributed by atoms with van der Waals surface area (Å²) in [4.78, 5) is 29.2. The molecule has 24 heavy (non-hydrogen) atoms. The van der Waals surface area contributed by atoms with Crippen LogP contribution in [0.4, 0.5) is 0 Å². The van der Waals surface area contributed by atoms with Gasteiger partial charge in [-0.2, -0.15) is 0 Å². The molecule has 0 aliphatic carbocycles. The average molecular weight is 342 g/mol. The van der Waals surface area contributed by atoms with E-state index in [1.807, 2.05) is 12.1 Å². The van der Waals surface area contributed by atoms with Gasteiger partial charge in [0.25, 0.3) is 5.91 Å². The number of aromatic nitrogens is 1. The van der Waals surface area contributed by atoms with Crippen LogP contribution in [-0.2, 0) is 9.45 Å². The number of amides is 1. The van der Waals surface area contributed by atoms with Crippen molar-refractivity contribution in [3.8, 4) is 16.9 Å². The van der Waals surface area contributed by atoms with Gasteiger partial charge in [-0.05, 0) is 23.8 Å². The quantitative estimate of drug-likeness (QED) is 0.680. The first-order chi connectivity index (χ1) is 11.5. The van der Waals surface area contributed by atoms with Gasteiger partial charge in [0.05, 0.1) is 0 Å². The molecule has 2 aromatic rings. The molecule has 0 bridgehead atoms. The fourth-order valence-corrected chi connectivity index (χ4v) is 2.29. The minimum Gasteiger partial charge on any atom is -0.566 e. The van der Waals surface area contributed by atoms with E-state index >= 15 is 0 Å². The van der Waals surface area contributed by atoms with Gasteiger partial charge in [-0.3, -0.25) is 9.59 Å². The number of hydrogen-bond acceptors (Lipinski definition) is 5. The number of nitrogens with zero attached hydrogens (tertiary/aromatic N) is 2. The fraction of sp³-hybridized carbons (Fsp3) is 0.0714. The molecule has 1 heterocycles. The van der Waals surface area contributed by atoms with Crippen molar-refractivity contribution in [1.29, 1.82) is 0 Å². The highest BCUT2D eigenvalue weighted by atomic mass is 35.5. The summed E-state index contributed by atoms with van der Waals surface area (Å²) in [7, 11) is 4.21. The van der Waals surface area contributed by atoms with Gasteiger partial charge in [0, 0.05) is 16.8 Å². The summed E-state index contributed by atoms with van der Waals surface area (Å²) in [6, 6.07) is 8.98. The predicted molar refractivity (Wildman–Crippen MR) is 98.1 cm³/mol. The number of hydrogen-bond donors (Lipinski definition) is 0. The van der Waals surface area contributed by atoms with Crippen LogP contribution in [0.1, 0.15) is 10.5 Å². The Morgan fingerprint density at radius 3 is 2.58 bits per heavy atom. The van der Waals surface area contributed by atoms with Gasteiger partial charge in [0.15, 0.2) is 5.69 Å². The van der Waals surface area contributed by atoms with E-state index in [1.54, 1.807) is 24.4 Å². The first kappa shape index (κ1) is 17.9. The molecule has 0 saturated heterocycles. The monoisotopic (exact) mass is 342 g/mol. The van der Waals surface area contributed by atoms with Crippen LogP contribution in [-0.4, -0.2) is 52.3 Å². The van der Waals surface area contributed by atoms with Crippen molar-refractivity contribution < 1.29 is 18.9 Å². The number of rotatable bonds is 5. The van der Waals surface area contributed by atoms with Crippen LogP contribution in [0.15, 0.2) is 36.5 Å². The first-order valence-electron chi connectivity index (χ1n) is 7.08. The average Bonchev–Trinajstić information content (AvgIpc) is 2.60. The van der Waals surface area contributed by atoms with E-state index in [4.69, 9.17) is 16.3 Å². The van der Waals surface area contributed by atoms with E-state index in [0.29, 0.717) is 10.8 Å². The summed E-state index contributed by atoms with van der Waals surface area (Å²) >= 11 is 6.00. The molecule has 1 aromatic carbocycles. The Hall–Kier alpha value is -2.41. The molecule has 1 aromatic heterocycles. The summed E-state index contributed by atoms with van der Waals surface area (Å²) in [6.07, 6.45) is 1.56. The smallest absolute Gasteiger partial charge is 0.326 e. The second-order valence-electron chi connectivity index (χ2n) is 5.02. The third kappa shape index (κ3) is 4.11. The van der Waals surface area contributed by atoms with Crippen LogP contribution in [0.2, 0.25) is 5.02 Å². The minimum atomic E-state index is -0.514. The lowest BCUT2D eigenvalue weighted by Gasteiger charge is -2.18. The third-order valence-corrected chi connectivity index (χ3v) is 3.61. The van der Waals surface area contributed by atoms with Gasteiger partial charge in [0.2, 0.25) is 7.98 Å². The Labute approximate surface area is 147 Å². The molecular weight excluding hydrogens is 328 g/mol. The molecule has 0 atom stereocenters. The summed E-state index contributed by atoms with van der Waals surface area (Å²) in [5.74, 6) is -0.635. The molecule has 0 N–H and O–H groups in total. The highest BCUT2D eigenvalue weighted by Gasteiger charge is 2.20. The molecule has 0 aliphatic heterocycles. The molecule has 0 radical (unpaired) electrons. The Kier molecular flexibility index (Phi) is 5.92. The number of benzene rings is 1. The van der Waals surface area contributed by atoms with Crippen LogP contribution in [0.25, 0.3) is 11.1 Å². The highest BCUT2D eigenvalue weighted by molar-refractivity contribution is 6.30. The molecule has 120 valence electrons. The van der Waals surface area contributed by atoms with Crippen molar-refractivity contribution in [2.45, 2.75) is 0 Å². The Morgan fingerprint density at radius 2 is 1.96 bits per heavy atom. The lowest BCUT2D eigenvalue weighted by Crippen LogP contribution is -2.34. The van der Waals surface area contributed by atoms with Gasteiger partial charge in [-0.25, -0.2) is 4.98 Å². The van der Waals surface area contributed by atoms with Gasteiger partial charge >= 0.3 is 22.1 Å². The lowest BCUT2D eigenvalue weighted by atomic mass is 10.1. The van der Waals surface area contributed by atoms with Crippen LogP contribution in [0.5, 0.6) is 5.75 Å². The molecule has 10 heteroatoms. The molecule has 0 fully saturated rings. The fourth-order valence-electron chi connectivity index (χ4n) is 2.10. The number of carbonyl (C=O) groups is 2. The highest BCUT2D eigenvalue weighted by Crippen LogP contribution is 2.27. The molecule has 2 rings (SSSR count). The molecular formula is C14H14B3ClN2O4. The molecule has 0 saturated carbocycles. The van der Waals surface area contributed by atoms with E-state index in [1.165, 1.54) is 28.9 Å². The molecule has 1 amide bonds. The normalized spacial score (nSPS) is 10.0. The van der Waals surface area contributed by atoms with Gasteiger partial charge < -0.3 is 14.1 Å². The summed E-state index contributed by atoms with van der Waals surface area (Å²) in [5, 5.41) is 0.601. The summed E-state index contributed by atoms with van der Waals surface area (Å²) < 4.78 is 9.84. The second kappa shape index (κ2) is 7.92. The van der Waals surface area contributed by atoms with Crippen LogP contribution >= 0.6 is 11.6 Å². The molecule has 0 spiro atoms. The van der Waals surface area contributed by atoms with E-state index in [9.17, 15) is 9.59 Å². The zero-order chi connectivity index (χ0) is 17.7. The van der Waals surface area contributed by atoms with E-state index in [2.05, 4.69) is 9.64 Å². The van der Waals surface area contributed by atoms with Crippen LogP contribution in [0, 0.1) is 0 Å². The lowest BCUT2D eigenvalue weighted by molar-refractivity contribution is -0.133. The Bertz CT molecular complexity index is 775. The van der Waals surface area contributed by atoms with E-state index in [0.717, 1.165) is 11.1 Å². The molecule has 6 nitrogen and oxygen atoms in total. The van der Waals surface area contributed by atoms with Crippen molar-refractivity contribution in [1.82, 2.24) is 9.79 Å². The first-order valence-corrected chi connectivity index (χ1v) is 7.46. The minimum absolute atomic E-state index is 0.120. The van der Waals surface area contributed by atoms with Gasteiger partial charge in [-0.1, -0.05) is 23.7 Å². The zero-order valence-electron chi connectivity index (χ0n) is 13.6. The summed E-state index contributed by atoms with van der Waals surface area (Å²) in [5.41, 5.74) is 1.74. The van der Waals surface area contributed by atoms with Crippen molar-refractivity contribution in [2.75, 3.05) is 6.54 Å². The maximum atomic E-state index is 12.4. The number of pyridine rings is 1. The Balaban J connectivity index is 2.32. The maximum absolute atomic E-state index is 12.4. The SMILES string of the molecule is BOC(=O)CN(B)C(=O)c1ncc(-c2cccc(Cl)c2)cc1OB. The third-order valence-electron chi connectivity index (χ3n) is 3.37. The summed E-state index contributed by atoms with van der Waals surface area (Å²) in [6.45, 7) is -0.170. The van der Waals surface area contributed by atoms with Gasteiger partial charge in [0.1, 0.15) is 12.3 Å². The van der Waals surface area contributed by atoms with E-state index in [-0.39, 0.29) is 12.2 Å². The predicted octanol–water partition coefficient (Wildman–Crippen LogP) is -0.590. The number of halogens is 1. The second-order valence-corrected chi connectivity index (χ2v) is 5.46. The van der Waals surface area contributed by atoms with Crippen molar-refractivity contribution >= 4 is 47.6 Å². The maximum Gasteiger partial charge on any atom is 0.326 e. The van der Waals surface area contributed by atoms with Crippen LogP contribution < -0.4 is 4.65 Å². The largest absolute Gasteiger partial charge is 0.566 e. The molecule has 0 unspecified atom stereocenters. The van der Waals surface area contributed by atoms with Crippen molar-refractivity contribution in [3.63, 3.8) is 0 Å². The standard InChI is InChI=1S/C14H14B3ClN2O4/c15-20(7-12(21)24-17)14(22)13-11(23-16)5-9(6-19-13)8-2-1-3-10(18)4-8/h1-6H,7,15-17H2. The zero-order valence-corrected chi connectivity index (χ0v) is 14.3. The van der Waals surface area contributed by atoms with Crippen LogP contribution in [0.3, 0.4) is 0 Å². The number of carbonyl (C=O) groups excluding carboxylic acids is 2. The molecule has 0 aliphatic rings. The van der Waals surface area contributed by atoms with Crippen molar-refractivity contribution in [3.05, 3.63) is 47.2 Å². The van der Waals surface area contributed by atoms with Crippen molar-refractivity contribution in [2.24, 2.45) is 0 Å². The topological polar surface area (TPSA) is 68.7 Å². The Morgan fingerprint density at radius 1 is 1.21 bits per heavy atom.